The lowest BCUT2D eigenvalue weighted by Gasteiger charge is -2.33. The summed E-state index contributed by atoms with van der Waals surface area (Å²) in [4.78, 5) is 19.6. The van der Waals surface area contributed by atoms with Crippen LogP contribution in [0, 0.1) is 0 Å². The number of halogens is 5. The normalized spacial score (nSPS) is 15.1. The van der Waals surface area contributed by atoms with E-state index in [-0.39, 0.29) is 11.4 Å². The van der Waals surface area contributed by atoms with E-state index >= 15 is 0 Å². The number of pyridine rings is 1. The molecule has 0 N–H and O–H groups in total. The van der Waals surface area contributed by atoms with Crippen molar-refractivity contribution in [2.24, 2.45) is 0 Å². The van der Waals surface area contributed by atoms with Crippen LogP contribution in [0.2, 0.25) is 0 Å². The Bertz CT molecular complexity index is 896. The Balaban J connectivity index is 2.05. The van der Waals surface area contributed by atoms with Gasteiger partial charge < -0.3 is 4.90 Å². The van der Waals surface area contributed by atoms with Gasteiger partial charge in [-0.25, -0.2) is 4.98 Å². The van der Waals surface area contributed by atoms with Gasteiger partial charge in [-0.05, 0) is 55.5 Å². The van der Waals surface area contributed by atoms with E-state index in [0.717, 1.165) is 24.8 Å². The molecular weight excluding hydrogens is 417 g/mol. The molecule has 31 heavy (non-hydrogen) atoms. The molecule has 0 radical (unpaired) electrons. The fourth-order valence-corrected chi connectivity index (χ4v) is 3.58. The highest BCUT2D eigenvalue weighted by Crippen LogP contribution is 2.37. The summed E-state index contributed by atoms with van der Waals surface area (Å²) in [5, 5.41) is 0. The number of nitrogens with zero attached hydrogens (tertiary/aromatic N) is 3. The van der Waals surface area contributed by atoms with Crippen LogP contribution in [-0.4, -0.2) is 42.6 Å². The van der Waals surface area contributed by atoms with Gasteiger partial charge in [0.1, 0.15) is 12.4 Å². The highest BCUT2D eigenvalue weighted by Gasteiger charge is 2.59. The second-order valence-corrected chi connectivity index (χ2v) is 7.53. The third-order valence-electron chi connectivity index (χ3n) is 5.34. The summed E-state index contributed by atoms with van der Waals surface area (Å²) in [6, 6.07) is 9.18. The number of alkyl halides is 5. The van der Waals surface area contributed by atoms with E-state index in [1.54, 1.807) is 6.07 Å². The predicted octanol–water partition coefficient (Wildman–Crippen LogP) is 5.48. The molecule has 1 fully saturated rings. The van der Waals surface area contributed by atoms with Gasteiger partial charge in [-0.2, -0.15) is 22.0 Å². The predicted molar refractivity (Wildman–Crippen MR) is 109 cm³/mol. The number of rotatable bonds is 6. The molecule has 4 nitrogen and oxygen atoms in total. The lowest BCUT2D eigenvalue weighted by Crippen LogP contribution is -2.49. The molecule has 0 bridgehead atoms. The summed E-state index contributed by atoms with van der Waals surface area (Å²) in [5.74, 6) is -6.29. The van der Waals surface area contributed by atoms with Gasteiger partial charge in [0.25, 0.3) is 5.91 Å². The molecule has 0 spiro atoms. The van der Waals surface area contributed by atoms with Gasteiger partial charge in [0.2, 0.25) is 0 Å². The molecule has 0 unspecified atom stereocenters. The Morgan fingerprint density at radius 2 is 1.77 bits per heavy atom. The van der Waals surface area contributed by atoms with Gasteiger partial charge >= 0.3 is 12.1 Å². The lowest BCUT2D eigenvalue weighted by molar-refractivity contribution is -0.276. The summed E-state index contributed by atoms with van der Waals surface area (Å²) >= 11 is 0. The van der Waals surface area contributed by atoms with Crippen LogP contribution in [-0.2, 0) is 6.42 Å². The maximum absolute atomic E-state index is 14.0. The zero-order valence-corrected chi connectivity index (χ0v) is 17.1. The average Bonchev–Trinajstić information content (AvgIpc) is 2.77. The maximum atomic E-state index is 14.0. The van der Waals surface area contributed by atoms with Crippen molar-refractivity contribution in [1.82, 2.24) is 4.98 Å². The van der Waals surface area contributed by atoms with Crippen molar-refractivity contribution >= 4 is 17.4 Å². The summed E-state index contributed by atoms with van der Waals surface area (Å²) < 4.78 is 66.7. The number of hydrogen-bond donors (Lipinski definition) is 0. The van der Waals surface area contributed by atoms with Crippen LogP contribution in [0.25, 0.3) is 0 Å². The number of carbonyl (C=O) groups excluding carboxylic acids is 1. The molecule has 1 aliphatic rings. The molecule has 1 saturated heterocycles. The monoisotopic (exact) mass is 441 g/mol. The summed E-state index contributed by atoms with van der Waals surface area (Å²) in [6.45, 7) is 1.48. The van der Waals surface area contributed by atoms with Crippen LogP contribution < -0.4 is 9.80 Å². The Kier molecular flexibility index (Phi) is 6.81. The van der Waals surface area contributed by atoms with Crippen LogP contribution in [0.15, 0.2) is 42.6 Å². The van der Waals surface area contributed by atoms with Crippen LogP contribution in [0.5, 0.6) is 0 Å². The first kappa shape index (κ1) is 23.0. The quantitative estimate of drug-likeness (QED) is 0.557. The van der Waals surface area contributed by atoms with E-state index in [4.69, 9.17) is 0 Å². The minimum absolute atomic E-state index is 0.0859. The van der Waals surface area contributed by atoms with Crippen LogP contribution in [0.1, 0.15) is 42.1 Å². The topological polar surface area (TPSA) is 36.4 Å². The van der Waals surface area contributed by atoms with Crippen LogP contribution in [0.4, 0.5) is 33.5 Å². The molecule has 168 valence electrons. The van der Waals surface area contributed by atoms with E-state index in [2.05, 4.69) is 4.98 Å². The Hall–Kier alpha value is -2.71. The van der Waals surface area contributed by atoms with Gasteiger partial charge in [0.05, 0.1) is 5.56 Å². The van der Waals surface area contributed by atoms with Gasteiger partial charge in [0, 0.05) is 25.0 Å². The number of aryl methyl sites for hydroxylation is 1. The number of anilines is 2. The maximum Gasteiger partial charge on any atom is 0.455 e. The molecule has 2 heterocycles. The molecule has 1 amide bonds. The van der Waals surface area contributed by atoms with Crippen molar-refractivity contribution in [3.63, 3.8) is 0 Å². The molecular formula is C22H24F5N3O. The standard InChI is InChI=1S/C22H24F5N3O/c1-2-16-9-10-17(18(14-16)29-12-6-3-7-13-29)20(31)30(19-8-4-5-11-28-19)15-21(23,24)22(25,26)27/h4-5,8-11,14H,2-3,6-7,12-13,15H2,1H3. The number of benzene rings is 1. The van der Waals surface area contributed by atoms with E-state index in [1.165, 1.54) is 30.5 Å². The van der Waals surface area contributed by atoms with Crippen molar-refractivity contribution < 1.29 is 26.7 Å². The highest BCUT2D eigenvalue weighted by atomic mass is 19.4. The van der Waals surface area contributed by atoms with Gasteiger partial charge in [-0.15, -0.1) is 0 Å². The molecule has 0 atom stereocenters. The molecule has 1 aliphatic heterocycles. The Morgan fingerprint density at radius 3 is 2.35 bits per heavy atom. The molecule has 3 rings (SSSR count). The van der Waals surface area contributed by atoms with Gasteiger partial charge in [-0.1, -0.05) is 19.1 Å². The molecule has 1 aromatic heterocycles. The first-order chi connectivity index (χ1) is 14.6. The highest BCUT2D eigenvalue weighted by molar-refractivity contribution is 6.09. The lowest BCUT2D eigenvalue weighted by atomic mass is 10.0. The molecule has 0 aliphatic carbocycles. The van der Waals surface area contributed by atoms with Crippen LogP contribution in [0.3, 0.4) is 0 Å². The number of amides is 1. The van der Waals surface area contributed by atoms with Gasteiger partial charge in [0.15, 0.2) is 0 Å². The van der Waals surface area contributed by atoms with Crippen molar-refractivity contribution in [2.75, 3.05) is 29.4 Å². The van der Waals surface area contributed by atoms with Crippen molar-refractivity contribution in [1.29, 1.82) is 0 Å². The zero-order valence-electron chi connectivity index (χ0n) is 17.1. The van der Waals surface area contributed by atoms with E-state index < -0.39 is 24.6 Å². The third kappa shape index (κ3) is 5.14. The van der Waals surface area contributed by atoms with E-state index in [0.29, 0.717) is 30.1 Å². The first-order valence-corrected chi connectivity index (χ1v) is 10.2. The third-order valence-corrected chi connectivity index (χ3v) is 5.34. The smallest absolute Gasteiger partial charge is 0.371 e. The number of aromatic nitrogens is 1. The average molecular weight is 441 g/mol. The molecule has 0 saturated carbocycles. The first-order valence-electron chi connectivity index (χ1n) is 10.2. The second-order valence-electron chi connectivity index (χ2n) is 7.53. The number of hydrogen-bond acceptors (Lipinski definition) is 3. The van der Waals surface area contributed by atoms with Crippen molar-refractivity contribution in [2.45, 2.75) is 44.7 Å². The molecule has 9 heteroatoms. The zero-order chi connectivity index (χ0) is 22.6. The SMILES string of the molecule is CCc1ccc(C(=O)N(CC(F)(F)C(F)(F)F)c2ccccn2)c(N2CCCCC2)c1. The largest absolute Gasteiger partial charge is 0.455 e. The fraction of sp³-hybridized carbons (Fsp3) is 0.455. The minimum Gasteiger partial charge on any atom is -0.371 e. The van der Waals surface area contributed by atoms with E-state index in [9.17, 15) is 26.7 Å². The number of piperidine rings is 1. The second kappa shape index (κ2) is 9.20. The van der Waals surface area contributed by atoms with Crippen LogP contribution >= 0.6 is 0 Å². The summed E-state index contributed by atoms with van der Waals surface area (Å²) in [5.41, 5.74) is 1.59. The summed E-state index contributed by atoms with van der Waals surface area (Å²) in [6.07, 6.45) is -0.966. The molecule has 2 aromatic rings. The Labute approximate surface area is 177 Å². The minimum atomic E-state index is -5.79. The van der Waals surface area contributed by atoms with Crippen molar-refractivity contribution in [3.05, 3.63) is 53.7 Å². The summed E-state index contributed by atoms with van der Waals surface area (Å²) in [7, 11) is 0. The molecule has 1 aromatic carbocycles. The number of carbonyl (C=O) groups is 1. The van der Waals surface area contributed by atoms with Crippen molar-refractivity contribution in [3.8, 4) is 0 Å². The Morgan fingerprint density at radius 1 is 1.06 bits per heavy atom. The fourth-order valence-electron chi connectivity index (χ4n) is 3.58. The van der Waals surface area contributed by atoms with E-state index in [1.807, 2.05) is 17.9 Å². The van der Waals surface area contributed by atoms with Gasteiger partial charge in [-0.3, -0.25) is 9.69 Å².